The van der Waals surface area contributed by atoms with Gasteiger partial charge in [0.05, 0.1) is 17.9 Å². The SMILES string of the molecule is Cc1cn2c(n1)CN(C(=O)NCCc1cn3c(C)cccc3n1)CC2. The first-order valence-electron chi connectivity index (χ1n) is 8.59. The van der Waals surface area contributed by atoms with Gasteiger partial charge in [-0.25, -0.2) is 14.8 Å². The van der Waals surface area contributed by atoms with E-state index in [9.17, 15) is 4.79 Å². The van der Waals surface area contributed by atoms with E-state index in [-0.39, 0.29) is 6.03 Å². The van der Waals surface area contributed by atoms with Crippen LogP contribution < -0.4 is 5.32 Å². The Bertz CT molecular complexity index is 925. The van der Waals surface area contributed by atoms with Crippen molar-refractivity contribution in [2.45, 2.75) is 33.4 Å². The molecule has 0 radical (unpaired) electrons. The van der Waals surface area contributed by atoms with E-state index in [0.717, 1.165) is 35.1 Å². The number of urea groups is 1. The Morgan fingerprint density at radius 2 is 2.08 bits per heavy atom. The number of rotatable bonds is 3. The summed E-state index contributed by atoms with van der Waals surface area (Å²) >= 11 is 0. The molecule has 0 bridgehead atoms. The molecule has 3 aromatic heterocycles. The summed E-state index contributed by atoms with van der Waals surface area (Å²) in [6.07, 6.45) is 4.79. The fourth-order valence-corrected chi connectivity index (χ4v) is 3.30. The van der Waals surface area contributed by atoms with Crippen molar-refractivity contribution < 1.29 is 4.79 Å². The van der Waals surface area contributed by atoms with Gasteiger partial charge in [0.15, 0.2) is 0 Å². The number of pyridine rings is 1. The molecule has 4 heterocycles. The number of amides is 2. The lowest BCUT2D eigenvalue weighted by Gasteiger charge is -2.27. The van der Waals surface area contributed by atoms with Crippen LogP contribution in [0, 0.1) is 13.8 Å². The van der Waals surface area contributed by atoms with E-state index in [1.165, 1.54) is 0 Å². The minimum atomic E-state index is -0.0353. The summed E-state index contributed by atoms with van der Waals surface area (Å²) in [5.41, 5.74) is 4.08. The molecule has 25 heavy (non-hydrogen) atoms. The number of hydrogen-bond donors (Lipinski definition) is 1. The molecule has 0 spiro atoms. The molecule has 0 aromatic carbocycles. The molecular weight excluding hydrogens is 316 g/mol. The van der Waals surface area contributed by atoms with Gasteiger partial charge in [-0.15, -0.1) is 0 Å². The summed E-state index contributed by atoms with van der Waals surface area (Å²) in [5.74, 6) is 0.953. The van der Waals surface area contributed by atoms with Gasteiger partial charge in [-0.2, -0.15) is 0 Å². The van der Waals surface area contributed by atoms with Crippen LogP contribution in [0.2, 0.25) is 0 Å². The van der Waals surface area contributed by atoms with Crippen molar-refractivity contribution in [3.63, 3.8) is 0 Å². The summed E-state index contributed by atoms with van der Waals surface area (Å²) in [6.45, 7) is 6.69. The number of nitrogens with one attached hydrogen (secondary N) is 1. The molecular formula is C18H22N6O. The smallest absolute Gasteiger partial charge is 0.317 e. The van der Waals surface area contributed by atoms with E-state index < -0.39 is 0 Å². The van der Waals surface area contributed by atoms with Crippen LogP contribution in [0.3, 0.4) is 0 Å². The molecule has 0 aliphatic carbocycles. The molecule has 1 aliphatic rings. The molecule has 7 nitrogen and oxygen atoms in total. The van der Waals surface area contributed by atoms with Crippen molar-refractivity contribution in [1.29, 1.82) is 0 Å². The summed E-state index contributed by atoms with van der Waals surface area (Å²) in [5, 5.41) is 3.00. The third kappa shape index (κ3) is 3.09. The minimum absolute atomic E-state index is 0.0353. The van der Waals surface area contributed by atoms with E-state index >= 15 is 0 Å². The summed E-state index contributed by atoms with van der Waals surface area (Å²) < 4.78 is 4.20. The lowest BCUT2D eigenvalue weighted by atomic mass is 10.3. The highest BCUT2D eigenvalue weighted by Gasteiger charge is 2.21. The van der Waals surface area contributed by atoms with Crippen molar-refractivity contribution in [3.05, 3.63) is 53.5 Å². The largest absolute Gasteiger partial charge is 0.338 e. The molecule has 0 atom stereocenters. The van der Waals surface area contributed by atoms with E-state index in [4.69, 9.17) is 0 Å². The zero-order valence-electron chi connectivity index (χ0n) is 14.6. The number of hydrogen-bond acceptors (Lipinski definition) is 3. The molecule has 3 aromatic rings. The second kappa shape index (κ2) is 6.23. The quantitative estimate of drug-likeness (QED) is 0.793. The van der Waals surface area contributed by atoms with Gasteiger partial charge in [0.25, 0.3) is 0 Å². The molecule has 130 valence electrons. The molecule has 0 saturated heterocycles. The molecule has 1 aliphatic heterocycles. The molecule has 0 fully saturated rings. The summed E-state index contributed by atoms with van der Waals surface area (Å²) in [7, 11) is 0. The maximum atomic E-state index is 12.4. The first-order chi connectivity index (χ1) is 12.1. The van der Waals surface area contributed by atoms with Crippen molar-refractivity contribution in [2.75, 3.05) is 13.1 Å². The van der Waals surface area contributed by atoms with Gasteiger partial charge >= 0.3 is 6.03 Å². The minimum Gasteiger partial charge on any atom is -0.338 e. The van der Waals surface area contributed by atoms with Gasteiger partial charge in [0.1, 0.15) is 11.5 Å². The van der Waals surface area contributed by atoms with Gasteiger partial charge in [0.2, 0.25) is 0 Å². The third-order valence-corrected chi connectivity index (χ3v) is 4.61. The number of carbonyl (C=O) groups is 1. The normalized spacial score (nSPS) is 13.9. The Hall–Kier alpha value is -2.83. The van der Waals surface area contributed by atoms with Crippen LogP contribution in [-0.4, -0.2) is 43.0 Å². The highest BCUT2D eigenvalue weighted by molar-refractivity contribution is 5.74. The fourth-order valence-electron chi connectivity index (χ4n) is 3.30. The highest BCUT2D eigenvalue weighted by Crippen LogP contribution is 2.12. The monoisotopic (exact) mass is 338 g/mol. The van der Waals surface area contributed by atoms with Crippen LogP contribution >= 0.6 is 0 Å². The van der Waals surface area contributed by atoms with Crippen LogP contribution in [-0.2, 0) is 19.5 Å². The Morgan fingerprint density at radius 3 is 2.92 bits per heavy atom. The van der Waals surface area contributed by atoms with E-state index in [0.29, 0.717) is 26.1 Å². The molecule has 0 unspecified atom stereocenters. The van der Waals surface area contributed by atoms with Gasteiger partial charge in [-0.1, -0.05) is 6.07 Å². The molecule has 4 rings (SSSR count). The van der Waals surface area contributed by atoms with Gasteiger partial charge in [0, 0.05) is 44.1 Å². The third-order valence-electron chi connectivity index (χ3n) is 4.61. The second-order valence-corrected chi connectivity index (χ2v) is 6.52. The van der Waals surface area contributed by atoms with Crippen LogP contribution in [0.1, 0.15) is 22.9 Å². The average Bonchev–Trinajstić information content (AvgIpc) is 3.16. The number of nitrogens with zero attached hydrogens (tertiary/aromatic N) is 5. The van der Waals surface area contributed by atoms with Crippen molar-refractivity contribution in [3.8, 4) is 0 Å². The molecule has 0 saturated carbocycles. The van der Waals surface area contributed by atoms with E-state index in [2.05, 4.69) is 37.2 Å². The zero-order chi connectivity index (χ0) is 17.4. The fraction of sp³-hybridized carbons (Fsp3) is 0.389. The van der Waals surface area contributed by atoms with Crippen LogP contribution in [0.4, 0.5) is 4.79 Å². The standard InChI is InChI=1S/C18H22N6O/c1-13-10-22-8-9-23(12-17(22)20-13)18(25)19-7-6-15-11-24-14(2)4-3-5-16(24)21-15/h3-5,10-11H,6-9,12H2,1-2H3,(H,19,25). The van der Waals surface area contributed by atoms with Gasteiger partial charge in [-0.05, 0) is 26.0 Å². The highest BCUT2D eigenvalue weighted by atomic mass is 16.2. The molecule has 7 heteroatoms. The molecule has 1 N–H and O–H groups in total. The predicted molar refractivity (Wildman–Crippen MR) is 94.4 cm³/mol. The first kappa shape index (κ1) is 15.7. The number of aryl methyl sites for hydroxylation is 2. The Balaban J connectivity index is 1.33. The van der Waals surface area contributed by atoms with Crippen molar-refractivity contribution in [2.24, 2.45) is 0 Å². The second-order valence-electron chi connectivity index (χ2n) is 6.52. The lowest BCUT2D eigenvalue weighted by Crippen LogP contribution is -2.44. The molecule has 2 amide bonds. The van der Waals surface area contributed by atoms with Crippen LogP contribution in [0.25, 0.3) is 5.65 Å². The Labute approximate surface area is 146 Å². The van der Waals surface area contributed by atoms with Crippen LogP contribution in [0.5, 0.6) is 0 Å². The van der Waals surface area contributed by atoms with Gasteiger partial charge < -0.3 is 19.2 Å². The lowest BCUT2D eigenvalue weighted by molar-refractivity contribution is 0.182. The predicted octanol–water partition coefficient (Wildman–Crippen LogP) is 1.92. The number of fused-ring (bicyclic) bond motifs is 2. The van der Waals surface area contributed by atoms with Gasteiger partial charge in [-0.3, -0.25) is 0 Å². The number of imidazole rings is 2. The van der Waals surface area contributed by atoms with Crippen molar-refractivity contribution >= 4 is 11.7 Å². The number of aromatic nitrogens is 4. The van der Waals surface area contributed by atoms with E-state index in [1.54, 1.807) is 0 Å². The zero-order valence-corrected chi connectivity index (χ0v) is 14.6. The van der Waals surface area contributed by atoms with Crippen LogP contribution in [0.15, 0.2) is 30.6 Å². The number of carbonyl (C=O) groups excluding carboxylic acids is 1. The Kier molecular flexibility index (Phi) is 3.91. The summed E-state index contributed by atoms with van der Waals surface area (Å²) in [6, 6.07) is 6.02. The topological polar surface area (TPSA) is 67.5 Å². The maximum Gasteiger partial charge on any atom is 0.317 e. The average molecular weight is 338 g/mol. The van der Waals surface area contributed by atoms with Crippen molar-refractivity contribution in [1.82, 2.24) is 29.2 Å². The van der Waals surface area contributed by atoms with E-state index in [1.807, 2.05) is 36.4 Å². The maximum absolute atomic E-state index is 12.4. The Morgan fingerprint density at radius 1 is 1.20 bits per heavy atom. The summed E-state index contributed by atoms with van der Waals surface area (Å²) in [4.78, 5) is 23.3. The first-order valence-corrected chi connectivity index (χ1v) is 8.59.